The topological polar surface area (TPSA) is 37.9 Å². The molecule has 4 heteroatoms. The third-order valence-electron chi connectivity index (χ3n) is 4.00. The van der Waals surface area contributed by atoms with Crippen molar-refractivity contribution in [2.75, 3.05) is 7.11 Å². The molecule has 0 bridgehead atoms. The van der Waals surface area contributed by atoms with Crippen LogP contribution in [0.3, 0.4) is 0 Å². The van der Waals surface area contributed by atoms with E-state index in [0.717, 1.165) is 23.4 Å². The highest BCUT2D eigenvalue weighted by Gasteiger charge is 2.08. The van der Waals surface area contributed by atoms with Crippen molar-refractivity contribution < 1.29 is 4.74 Å². The molecule has 0 fully saturated rings. The van der Waals surface area contributed by atoms with Gasteiger partial charge < -0.3 is 9.72 Å². The molecule has 0 aliphatic heterocycles. The molecule has 0 saturated heterocycles. The molecule has 23 heavy (non-hydrogen) atoms. The smallest absolute Gasteiger partial charge is 0.137 e. The van der Waals surface area contributed by atoms with Crippen molar-refractivity contribution >= 4 is 22.4 Å². The van der Waals surface area contributed by atoms with E-state index in [4.69, 9.17) is 4.74 Å². The van der Waals surface area contributed by atoms with Gasteiger partial charge in [0.2, 0.25) is 0 Å². The van der Waals surface area contributed by atoms with E-state index < -0.39 is 0 Å². The van der Waals surface area contributed by atoms with Crippen LogP contribution in [0.15, 0.2) is 59.6 Å². The summed E-state index contributed by atoms with van der Waals surface area (Å²) < 4.78 is 5.31. The second-order valence-corrected chi connectivity index (χ2v) is 6.25. The minimum absolute atomic E-state index is 0.853. The van der Waals surface area contributed by atoms with Gasteiger partial charge >= 0.3 is 0 Å². The lowest BCUT2D eigenvalue weighted by molar-refractivity contribution is 0.414. The van der Waals surface area contributed by atoms with E-state index in [1.807, 2.05) is 18.3 Å². The van der Waals surface area contributed by atoms with E-state index in [0.29, 0.717) is 0 Å². The molecule has 114 valence electrons. The van der Waals surface area contributed by atoms with E-state index >= 15 is 0 Å². The lowest BCUT2D eigenvalue weighted by atomic mass is 10.0. The minimum Gasteiger partial charge on any atom is -0.497 e. The van der Waals surface area contributed by atoms with Crippen LogP contribution in [0.25, 0.3) is 22.2 Å². The maximum absolute atomic E-state index is 5.31. The van der Waals surface area contributed by atoms with Gasteiger partial charge in [0.25, 0.3) is 0 Å². The maximum Gasteiger partial charge on any atom is 0.137 e. The SMILES string of the molecule is COc1cccc(Cc2c[nH]c3ncc(-c4ccsc4)cc23)c1. The molecule has 3 aromatic heterocycles. The van der Waals surface area contributed by atoms with Crippen LogP contribution in [-0.4, -0.2) is 17.1 Å². The van der Waals surface area contributed by atoms with E-state index in [2.05, 4.69) is 51.2 Å². The summed E-state index contributed by atoms with van der Waals surface area (Å²) in [5.41, 5.74) is 5.79. The summed E-state index contributed by atoms with van der Waals surface area (Å²) in [4.78, 5) is 7.83. The van der Waals surface area contributed by atoms with Gasteiger partial charge in [0.05, 0.1) is 7.11 Å². The Morgan fingerprint density at radius 3 is 2.96 bits per heavy atom. The van der Waals surface area contributed by atoms with Crippen LogP contribution in [0.1, 0.15) is 11.1 Å². The normalized spacial score (nSPS) is 11.0. The summed E-state index contributed by atoms with van der Waals surface area (Å²) in [7, 11) is 1.70. The zero-order valence-electron chi connectivity index (χ0n) is 12.7. The van der Waals surface area contributed by atoms with Gasteiger partial charge in [0, 0.05) is 23.3 Å². The Hall–Kier alpha value is -2.59. The van der Waals surface area contributed by atoms with Crippen LogP contribution in [0.4, 0.5) is 0 Å². The molecule has 0 atom stereocenters. The molecular weight excluding hydrogens is 304 g/mol. The average Bonchev–Trinajstić information content (AvgIpc) is 3.25. The van der Waals surface area contributed by atoms with Gasteiger partial charge in [-0.15, -0.1) is 0 Å². The first-order chi connectivity index (χ1) is 11.3. The number of hydrogen-bond acceptors (Lipinski definition) is 3. The summed E-state index contributed by atoms with van der Waals surface area (Å²) >= 11 is 1.70. The molecular formula is C19H16N2OS. The van der Waals surface area contributed by atoms with Crippen molar-refractivity contribution in [2.45, 2.75) is 6.42 Å². The Balaban J connectivity index is 1.73. The molecule has 0 spiro atoms. The number of aromatic nitrogens is 2. The van der Waals surface area contributed by atoms with Gasteiger partial charge in [-0.1, -0.05) is 12.1 Å². The Kier molecular flexibility index (Phi) is 3.60. The van der Waals surface area contributed by atoms with Crippen molar-refractivity contribution in [1.82, 2.24) is 9.97 Å². The van der Waals surface area contributed by atoms with Gasteiger partial charge in [0.15, 0.2) is 0 Å². The molecule has 0 aliphatic rings. The Morgan fingerprint density at radius 1 is 1.17 bits per heavy atom. The standard InChI is InChI=1S/C19H16N2OS/c1-22-17-4-2-3-13(8-17)7-16-11-21-19-18(16)9-15(10-20-19)14-5-6-23-12-14/h2-6,8-12H,7H2,1H3,(H,20,21). The van der Waals surface area contributed by atoms with Gasteiger partial charge in [-0.3, -0.25) is 0 Å². The minimum atomic E-state index is 0.853. The van der Waals surface area contributed by atoms with Gasteiger partial charge in [-0.25, -0.2) is 4.98 Å². The van der Waals surface area contributed by atoms with Crippen LogP contribution in [0.5, 0.6) is 5.75 Å². The summed E-state index contributed by atoms with van der Waals surface area (Å²) in [6.45, 7) is 0. The molecule has 1 N–H and O–H groups in total. The fourth-order valence-electron chi connectivity index (χ4n) is 2.79. The van der Waals surface area contributed by atoms with Crippen molar-refractivity contribution in [3.8, 4) is 16.9 Å². The molecule has 4 aromatic rings. The number of pyridine rings is 1. The number of nitrogens with zero attached hydrogens (tertiary/aromatic N) is 1. The first kappa shape index (κ1) is 14.0. The van der Waals surface area contributed by atoms with Crippen LogP contribution in [-0.2, 0) is 6.42 Å². The number of aromatic amines is 1. The molecule has 0 saturated carbocycles. The van der Waals surface area contributed by atoms with E-state index in [-0.39, 0.29) is 0 Å². The van der Waals surface area contributed by atoms with E-state index in [9.17, 15) is 0 Å². The van der Waals surface area contributed by atoms with Crippen LogP contribution in [0.2, 0.25) is 0 Å². The van der Waals surface area contributed by atoms with Gasteiger partial charge in [-0.05, 0) is 58.1 Å². The zero-order chi connectivity index (χ0) is 15.6. The largest absolute Gasteiger partial charge is 0.497 e. The Labute approximate surface area is 138 Å². The summed E-state index contributed by atoms with van der Waals surface area (Å²) in [5.74, 6) is 0.888. The van der Waals surface area contributed by atoms with Gasteiger partial charge in [0.1, 0.15) is 11.4 Å². The monoisotopic (exact) mass is 320 g/mol. The lowest BCUT2D eigenvalue weighted by Gasteiger charge is -2.04. The first-order valence-electron chi connectivity index (χ1n) is 7.45. The molecule has 3 heterocycles. The number of hydrogen-bond donors (Lipinski definition) is 1. The molecule has 0 aliphatic carbocycles. The number of H-pyrrole nitrogens is 1. The molecule has 0 radical (unpaired) electrons. The third-order valence-corrected chi connectivity index (χ3v) is 4.68. The summed E-state index contributed by atoms with van der Waals surface area (Å²) in [5, 5.41) is 5.42. The predicted molar refractivity (Wildman–Crippen MR) is 95.2 cm³/mol. The van der Waals surface area contributed by atoms with Crippen molar-refractivity contribution in [3.63, 3.8) is 0 Å². The number of thiophene rings is 1. The van der Waals surface area contributed by atoms with Crippen molar-refractivity contribution in [3.05, 3.63) is 70.7 Å². The maximum atomic E-state index is 5.31. The molecule has 0 amide bonds. The number of nitrogens with one attached hydrogen (secondary N) is 1. The number of fused-ring (bicyclic) bond motifs is 1. The van der Waals surface area contributed by atoms with E-state index in [1.54, 1.807) is 18.4 Å². The molecule has 1 aromatic carbocycles. The second kappa shape index (κ2) is 5.89. The van der Waals surface area contributed by atoms with Crippen molar-refractivity contribution in [1.29, 1.82) is 0 Å². The van der Waals surface area contributed by atoms with Gasteiger partial charge in [-0.2, -0.15) is 11.3 Å². The van der Waals surface area contributed by atoms with Crippen LogP contribution >= 0.6 is 11.3 Å². The average molecular weight is 320 g/mol. The van der Waals surface area contributed by atoms with Crippen LogP contribution < -0.4 is 4.74 Å². The highest BCUT2D eigenvalue weighted by molar-refractivity contribution is 7.08. The molecule has 3 nitrogen and oxygen atoms in total. The Morgan fingerprint density at radius 2 is 2.13 bits per heavy atom. The Bertz CT molecular complexity index is 941. The first-order valence-corrected chi connectivity index (χ1v) is 8.39. The third kappa shape index (κ3) is 2.73. The van der Waals surface area contributed by atoms with E-state index in [1.165, 1.54) is 22.1 Å². The quantitative estimate of drug-likeness (QED) is 0.581. The fourth-order valence-corrected chi connectivity index (χ4v) is 3.46. The molecule has 4 rings (SSSR count). The van der Waals surface area contributed by atoms with Crippen molar-refractivity contribution in [2.24, 2.45) is 0 Å². The fraction of sp³-hybridized carbons (Fsp3) is 0.105. The second-order valence-electron chi connectivity index (χ2n) is 5.47. The van der Waals surface area contributed by atoms with Crippen LogP contribution in [0, 0.1) is 0 Å². The number of methoxy groups -OCH3 is 1. The highest BCUT2D eigenvalue weighted by Crippen LogP contribution is 2.27. The number of benzene rings is 1. The number of rotatable bonds is 4. The lowest BCUT2D eigenvalue weighted by Crippen LogP contribution is -1.89. The number of ether oxygens (including phenoxy) is 1. The summed E-state index contributed by atoms with van der Waals surface area (Å²) in [6.07, 6.45) is 4.83. The highest BCUT2D eigenvalue weighted by atomic mass is 32.1. The molecule has 0 unspecified atom stereocenters. The predicted octanol–water partition coefficient (Wildman–Crippen LogP) is 4.89. The summed E-state index contributed by atoms with van der Waals surface area (Å²) in [6, 6.07) is 12.5. The zero-order valence-corrected chi connectivity index (χ0v) is 13.6.